The number of rotatable bonds is 8. The van der Waals surface area contributed by atoms with E-state index in [-0.39, 0.29) is 11.9 Å². The minimum Gasteiger partial charge on any atom is -0.461 e. The Morgan fingerprint density at radius 3 is 2.89 bits per heavy atom. The second-order valence-electron chi connectivity index (χ2n) is 9.60. The van der Waals surface area contributed by atoms with E-state index in [0.717, 1.165) is 53.1 Å². The molecule has 1 fully saturated rings. The van der Waals surface area contributed by atoms with E-state index in [9.17, 15) is 9.00 Å². The Bertz CT molecular complexity index is 1230. The quantitative estimate of drug-likeness (QED) is 0.506. The van der Waals surface area contributed by atoms with Crippen molar-refractivity contribution in [2.45, 2.75) is 55.9 Å². The summed E-state index contributed by atoms with van der Waals surface area (Å²) in [6.45, 7) is 3.58. The number of likely N-dealkylation sites (tertiary alicyclic amines) is 1. The largest absolute Gasteiger partial charge is 0.461 e. The lowest BCUT2D eigenvalue weighted by Crippen LogP contribution is -2.43. The third kappa shape index (κ3) is 4.91. The molecule has 8 nitrogen and oxygen atoms in total. The van der Waals surface area contributed by atoms with Crippen molar-refractivity contribution in [3.63, 3.8) is 0 Å². The topological polar surface area (TPSA) is 91.6 Å². The number of piperidine rings is 1. The van der Waals surface area contributed by atoms with Crippen LogP contribution in [0.15, 0.2) is 39.6 Å². The molecular formula is C26H33N5O3S. The molecule has 35 heavy (non-hydrogen) atoms. The monoisotopic (exact) mass is 495 g/mol. The maximum Gasteiger partial charge on any atom is 0.227 e. The molecule has 0 bridgehead atoms. The number of aryl methyl sites for hydroxylation is 1. The van der Waals surface area contributed by atoms with Gasteiger partial charge in [0.25, 0.3) is 0 Å². The molecule has 0 aliphatic carbocycles. The van der Waals surface area contributed by atoms with Gasteiger partial charge in [0, 0.05) is 63.1 Å². The maximum absolute atomic E-state index is 12.7. The molecule has 0 spiro atoms. The third-order valence-electron chi connectivity index (χ3n) is 7.14. The molecule has 1 aromatic carbocycles. The first-order valence-electron chi connectivity index (χ1n) is 12.4. The number of anilines is 2. The van der Waals surface area contributed by atoms with Gasteiger partial charge in [-0.3, -0.25) is 9.00 Å². The Morgan fingerprint density at radius 2 is 2.11 bits per heavy atom. The Balaban J connectivity index is 1.32. The lowest BCUT2D eigenvalue weighted by molar-refractivity contribution is -0.132. The molecule has 9 heteroatoms. The van der Waals surface area contributed by atoms with Crippen LogP contribution in [-0.4, -0.2) is 64.0 Å². The number of nitrogens with zero attached hydrogens (tertiary/aromatic N) is 4. The van der Waals surface area contributed by atoms with Crippen molar-refractivity contribution in [3.05, 3.63) is 41.8 Å². The smallest absolute Gasteiger partial charge is 0.227 e. The summed E-state index contributed by atoms with van der Waals surface area (Å²) < 4.78 is 18.8. The van der Waals surface area contributed by atoms with Crippen LogP contribution in [0.1, 0.15) is 50.0 Å². The van der Waals surface area contributed by atoms with Gasteiger partial charge in [-0.25, -0.2) is 4.98 Å². The summed E-state index contributed by atoms with van der Waals surface area (Å²) in [7, 11) is 2.74. The summed E-state index contributed by atoms with van der Waals surface area (Å²) in [5.41, 5.74) is 1.79. The SMILES string of the molecule is CCC(CCN(C)c1nc2c(c(N[C@H]3CCC(=O)N(C)C3)n1)S(=O)CC2)c1cc2ccccc2o1. The maximum atomic E-state index is 12.7. The number of carbonyl (C=O) groups excluding carboxylic acids is 1. The van der Waals surface area contributed by atoms with Crippen molar-refractivity contribution in [3.8, 4) is 0 Å². The third-order valence-corrected chi connectivity index (χ3v) is 8.60. The van der Waals surface area contributed by atoms with Crippen molar-refractivity contribution in [1.29, 1.82) is 0 Å². The van der Waals surface area contributed by atoms with Crippen LogP contribution in [0.3, 0.4) is 0 Å². The molecule has 3 aromatic rings. The molecule has 1 N–H and O–H groups in total. The molecule has 0 saturated carbocycles. The fourth-order valence-electron chi connectivity index (χ4n) is 4.98. The van der Waals surface area contributed by atoms with Crippen LogP contribution in [0.5, 0.6) is 0 Å². The average molecular weight is 496 g/mol. The summed E-state index contributed by atoms with van der Waals surface area (Å²) in [5.74, 6) is 3.37. The second kappa shape index (κ2) is 9.97. The highest BCUT2D eigenvalue weighted by Gasteiger charge is 2.30. The van der Waals surface area contributed by atoms with Crippen molar-refractivity contribution in [2.24, 2.45) is 0 Å². The highest BCUT2D eigenvalue weighted by Crippen LogP contribution is 2.32. The van der Waals surface area contributed by atoms with E-state index in [0.29, 0.717) is 42.8 Å². The van der Waals surface area contributed by atoms with E-state index in [4.69, 9.17) is 14.4 Å². The van der Waals surface area contributed by atoms with Crippen molar-refractivity contribution in [1.82, 2.24) is 14.9 Å². The standard InChI is InChI=1S/C26H33N5O3S/c1-4-17(22-15-18-7-5-6-8-21(18)34-22)11-13-30(2)26-28-20-12-14-35(33)24(20)25(29-26)27-19-9-10-23(32)31(3)16-19/h5-8,15,17,19H,4,9-14,16H2,1-3H3,(H,27,28,29)/t17?,19-,35?/m0/s1. The number of nitrogens with one attached hydrogen (secondary N) is 1. The van der Waals surface area contributed by atoms with Gasteiger partial charge >= 0.3 is 0 Å². The van der Waals surface area contributed by atoms with Crippen LogP contribution in [0, 0.1) is 0 Å². The number of hydrogen-bond acceptors (Lipinski definition) is 7. The summed E-state index contributed by atoms with van der Waals surface area (Å²) in [6.07, 6.45) is 3.85. The first kappa shape index (κ1) is 23.8. The molecular weight excluding hydrogens is 462 g/mol. The molecule has 3 atom stereocenters. The average Bonchev–Trinajstić information content (AvgIpc) is 3.45. The molecule has 2 aliphatic heterocycles. The Kier molecular flexibility index (Phi) is 6.77. The van der Waals surface area contributed by atoms with Gasteiger partial charge in [-0.15, -0.1) is 0 Å². The summed E-state index contributed by atoms with van der Waals surface area (Å²) in [5, 5.41) is 4.63. The molecule has 1 saturated heterocycles. The normalized spacial score (nSPS) is 20.8. The predicted molar refractivity (Wildman–Crippen MR) is 138 cm³/mol. The fourth-order valence-corrected chi connectivity index (χ4v) is 6.29. The highest BCUT2D eigenvalue weighted by atomic mass is 32.2. The van der Waals surface area contributed by atoms with Crippen LogP contribution in [0.2, 0.25) is 0 Å². The van der Waals surface area contributed by atoms with Gasteiger partial charge in [0.15, 0.2) is 0 Å². The summed E-state index contributed by atoms with van der Waals surface area (Å²) in [4.78, 5) is 26.1. The molecule has 0 radical (unpaired) electrons. The van der Waals surface area contributed by atoms with Crippen LogP contribution >= 0.6 is 0 Å². The van der Waals surface area contributed by atoms with Crippen molar-refractivity contribution < 1.29 is 13.4 Å². The van der Waals surface area contributed by atoms with Crippen molar-refractivity contribution >= 4 is 39.4 Å². The van der Waals surface area contributed by atoms with Crippen molar-refractivity contribution in [2.75, 3.05) is 43.2 Å². The molecule has 4 heterocycles. The van der Waals surface area contributed by atoms with Crippen LogP contribution in [0.25, 0.3) is 11.0 Å². The van der Waals surface area contributed by atoms with E-state index in [1.54, 1.807) is 4.90 Å². The minimum atomic E-state index is -1.10. The first-order valence-corrected chi connectivity index (χ1v) is 13.7. The van der Waals surface area contributed by atoms with Gasteiger partial charge in [-0.05, 0) is 31.4 Å². The van der Waals surface area contributed by atoms with Gasteiger partial charge in [0.2, 0.25) is 11.9 Å². The number of carbonyl (C=O) groups is 1. The zero-order chi connectivity index (χ0) is 24.5. The number of aromatic nitrogens is 2. The second-order valence-corrected chi connectivity index (χ2v) is 11.1. The predicted octanol–water partition coefficient (Wildman–Crippen LogP) is 3.94. The van der Waals surface area contributed by atoms with Gasteiger partial charge in [-0.2, -0.15) is 4.98 Å². The zero-order valence-corrected chi connectivity index (χ0v) is 21.4. The first-order chi connectivity index (χ1) is 16.9. The molecule has 1 amide bonds. The molecule has 5 rings (SSSR count). The van der Waals surface area contributed by atoms with E-state index < -0.39 is 10.8 Å². The molecule has 2 aromatic heterocycles. The Hall–Kier alpha value is -2.94. The zero-order valence-electron chi connectivity index (χ0n) is 20.6. The number of para-hydroxylation sites is 1. The number of amides is 1. The number of benzene rings is 1. The van der Waals surface area contributed by atoms with E-state index >= 15 is 0 Å². The van der Waals surface area contributed by atoms with E-state index in [1.165, 1.54) is 0 Å². The van der Waals surface area contributed by atoms with Gasteiger partial charge in [0.05, 0.1) is 16.5 Å². The minimum absolute atomic E-state index is 0.0880. The Labute approximate surface area is 208 Å². The van der Waals surface area contributed by atoms with E-state index in [1.807, 2.05) is 32.3 Å². The number of fused-ring (bicyclic) bond motifs is 2. The van der Waals surface area contributed by atoms with E-state index in [2.05, 4.69) is 29.3 Å². The van der Waals surface area contributed by atoms with Crippen LogP contribution < -0.4 is 10.2 Å². The summed E-state index contributed by atoms with van der Waals surface area (Å²) >= 11 is 0. The molecule has 186 valence electrons. The number of furan rings is 1. The molecule has 2 aliphatic rings. The van der Waals surface area contributed by atoms with Gasteiger partial charge < -0.3 is 19.5 Å². The van der Waals surface area contributed by atoms with Crippen LogP contribution in [0.4, 0.5) is 11.8 Å². The highest BCUT2D eigenvalue weighted by molar-refractivity contribution is 7.85. The lowest BCUT2D eigenvalue weighted by Gasteiger charge is -2.31. The van der Waals surface area contributed by atoms with Gasteiger partial charge in [-0.1, -0.05) is 25.1 Å². The number of likely N-dealkylation sites (N-methyl/N-ethyl adjacent to an activating group) is 1. The molecule has 2 unspecified atom stereocenters. The number of hydrogen-bond donors (Lipinski definition) is 1. The lowest BCUT2D eigenvalue weighted by atomic mass is 9.99. The van der Waals surface area contributed by atoms with Crippen LogP contribution in [-0.2, 0) is 22.0 Å². The fraction of sp³-hybridized carbons (Fsp3) is 0.500. The summed E-state index contributed by atoms with van der Waals surface area (Å²) in [6, 6.07) is 10.4. The van der Waals surface area contributed by atoms with Gasteiger partial charge in [0.1, 0.15) is 22.1 Å². The Morgan fingerprint density at radius 1 is 1.29 bits per heavy atom.